The first-order chi connectivity index (χ1) is 10.2. The molecule has 0 saturated carbocycles. The number of thioether (sulfide) groups is 1. The maximum atomic E-state index is 11.6. The quantitative estimate of drug-likeness (QED) is 0.882. The summed E-state index contributed by atoms with van der Waals surface area (Å²) in [5.41, 5.74) is 6.39. The van der Waals surface area contributed by atoms with E-state index in [2.05, 4.69) is 4.99 Å². The Morgan fingerprint density at radius 3 is 2.52 bits per heavy atom. The Hall–Kier alpha value is -2.53. The number of nitrogens with zero attached hydrogens (tertiary/aromatic N) is 1. The molecule has 1 amide bonds. The average Bonchev–Trinajstić information content (AvgIpc) is 2.78. The summed E-state index contributed by atoms with van der Waals surface area (Å²) in [5, 5.41) is 0.281. The highest BCUT2D eigenvalue weighted by molar-refractivity contribution is 8.18. The smallest absolute Gasteiger partial charge is 0.286 e. The lowest BCUT2D eigenvalue weighted by Crippen LogP contribution is -2.01. The number of amides is 1. The van der Waals surface area contributed by atoms with Crippen LogP contribution in [-0.4, -0.2) is 11.1 Å². The van der Waals surface area contributed by atoms with Gasteiger partial charge in [0.05, 0.1) is 4.91 Å². The molecule has 21 heavy (non-hydrogen) atoms. The lowest BCUT2D eigenvalue weighted by atomic mass is 10.2. The van der Waals surface area contributed by atoms with Crippen molar-refractivity contribution in [3.8, 4) is 11.5 Å². The van der Waals surface area contributed by atoms with Crippen molar-refractivity contribution in [3.63, 3.8) is 0 Å². The van der Waals surface area contributed by atoms with Gasteiger partial charge in [-0.25, -0.2) is 0 Å². The summed E-state index contributed by atoms with van der Waals surface area (Å²) in [5.74, 6) is 1.17. The number of carbonyl (C=O) groups is 1. The number of aliphatic imine (C=N–C) groups is 1. The molecule has 1 aliphatic heterocycles. The molecule has 0 unspecified atom stereocenters. The van der Waals surface area contributed by atoms with Gasteiger partial charge in [0, 0.05) is 0 Å². The third kappa shape index (κ3) is 3.32. The normalized spacial score (nSPS) is 16.1. The minimum Gasteiger partial charge on any atom is -0.457 e. The van der Waals surface area contributed by atoms with E-state index in [1.807, 2.05) is 54.6 Å². The Morgan fingerprint density at radius 1 is 1.05 bits per heavy atom. The van der Waals surface area contributed by atoms with Crippen LogP contribution in [0.1, 0.15) is 5.56 Å². The van der Waals surface area contributed by atoms with Crippen LogP contribution in [0.2, 0.25) is 0 Å². The van der Waals surface area contributed by atoms with Crippen molar-refractivity contribution in [1.29, 1.82) is 0 Å². The van der Waals surface area contributed by atoms with Crippen molar-refractivity contribution >= 4 is 28.9 Å². The van der Waals surface area contributed by atoms with Crippen molar-refractivity contribution in [2.45, 2.75) is 0 Å². The second-order valence-electron chi connectivity index (χ2n) is 4.35. The van der Waals surface area contributed by atoms with E-state index in [0.717, 1.165) is 11.3 Å². The van der Waals surface area contributed by atoms with Gasteiger partial charge in [-0.15, -0.1) is 0 Å². The Labute approximate surface area is 126 Å². The van der Waals surface area contributed by atoms with E-state index >= 15 is 0 Å². The molecule has 0 fully saturated rings. The van der Waals surface area contributed by atoms with Crippen molar-refractivity contribution < 1.29 is 9.53 Å². The first-order valence-electron chi connectivity index (χ1n) is 6.32. The zero-order valence-corrected chi connectivity index (χ0v) is 11.8. The second-order valence-corrected chi connectivity index (χ2v) is 5.42. The molecule has 0 bridgehead atoms. The first kappa shape index (κ1) is 13.5. The number of rotatable bonds is 3. The fourth-order valence-corrected chi connectivity index (χ4v) is 2.55. The Kier molecular flexibility index (Phi) is 3.75. The molecule has 0 radical (unpaired) electrons. The van der Waals surface area contributed by atoms with Crippen molar-refractivity contribution in [1.82, 2.24) is 0 Å². The van der Waals surface area contributed by atoms with Crippen LogP contribution in [-0.2, 0) is 4.79 Å². The number of nitrogens with two attached hydrogens (primary N) is 1. The first-order valence-corrected chi connectivity index (χ1v) is 7.13. The third-order valence-corrected chi connectivity index (χ3v) is 3.58. The molecule has 104 valence electrons. The Bertz CT molecular complexity index is 739. The molecule has 0 aliphatic carbocycles. The summed E-state index contributed by atoms with van der Waals surface area (Å²) < 4.78 is 5.76. The van der Waals surface area contributed by atoms with Gasteiger partial charge < -0.3 is 10.5 Å². The Morgan fingerprint density at radius 2 is 1.81 bits per heavy atom. The van der Waals surface area contributed by atoms with Gasteiger partial charge in [-0.1, -0.05) is 30.3 Å². The summed E-state index contributed by atoms with van der Waals surface area (Å²) in [7, 11) is 0. The topological polar surface area (TPSA) is 64.7 Å². The predicted molar refractivity (Wildman–Crippen MR) is 85.2 cm³/mol. The lowest BCUT2D eigenvalue weighted by molar-refractivity contribution is -0.113. The van der Waals surface area contributed by atoms with Crippen LogP contribution in [0.25, 0.3) is 6.08 Å². The molecule has 5 heteroatoms. The van der Waals surface area contributed by atoms with Gasteiger partial charge in [-0.05, 0) is 47.7 Å². The average molecular weight is 296 g/mol. The predicted octanol–water partition coefficient (Wildman–Crippen LogP) is 3.41. The number of para-hydroxylation sites is 1. The standard InChI is InChI=1S/C16H12N2O2S/c17-16-18-15(19)14(21-16)10-11-5-4-8-13(9-11)20-12-6-2-1-3-7-12/h1-10H,(H2,17,18,19)/b14-10-. The summed E-state index contributed by atoms with van der Waals surface area (Å²) in [4.78, 5) is 15.8. The fourth-order valence-electron chi connectivity index (χ4n) is 1.87. The van der Waals surface area contributed by atoms with Gasteiger partial charge in [0.2, 0.25) is 0 Å². The monoisotopic (exact) mass is 296 g/mol. The van der Waals surface area contributed by atoms with Gasteiger partial charge in [0.25, 0.3) is 5.91 Å². The summed E-state index contributed by atoms with van der Waals surface area (Å²) >= 11 is 1.18. The summed E-state index contributed by atoms with van der Waals surface area (Å²) in [6.45, 7) is 0. The molecule has 3 rings (SSSR count). The van der Waals surface area contributed by atoms with Gasteiger partial charge in [0.1, 0.15) is 11.5 Å². The SMILES string of the molecule is NC1=NC(=O)/C(=C/c2cccc(Oc3ccccc3)c2)S1. The summed E-state index contributed by atoms with van der Waals surface area (Å²) in [6.07, 6.45) is 1.76. The molecule has 4 nitrogen and oxygen atoms in total. The fraction of sp³-hybridized carbons (Fsp3) is 0. The van der Waals surface area contributed by atoms with Crippen molar-refractivity contribution in [2.24, 2.45) is 10.7 Å². The number of carbonyl (C=O) groups excluding carboxylic acids is 1. The third-order valence-electron chi connectivity index (χ3n) is 2.77. The van der Waals surface area contributed by atoms with E-state index < -0.39 is 0 Å². The zero-order valence-electron chi connectivity index (χ0n) is 11.0. The molecule has 2 aromatic carbocycles. The molecule has 1 heterocycles. The number of hydrogen-bond donors (Lipinski definition) is 1. The number of hydrogen-bond acceptors (Lipinski definition) is 4. The maximum Gasteiger partial charge on any atom is 0.286 e. The number of benzene rings is 2. The zero-order chi connectivity index (χ0) is 14.7. The lowest BCUT2D eigenvalue weighted by Gasteiger charge is -2.06. The second kappa shape index (κ2) is 5.85. The van der Waals surface area contributed by atoms with E-state index in [0.29, 0.717) is 10.7 Å². The largest absolute Gasteiger partial charge is 0.457 e. The van der Waals surface area contributed by atoms with Crippen LogP contribution < -0.4 is 10.5 Å². The molecule has 0 spiro atoms. The number of ether oxygens (including phenoxy) is 1. The molecule has 0 saturated heterocycles. The van der Waals surface area contributed by atoms with Gasteiger partial charge in [-0.3, -0.25) is 4.79 Å². The van der Waals surface area contributed by atoms with Crippen molar-refractivity contribution in [3.05, 3.63) is 65.1 Å². The van der Waals surface area contributed by atoms with Gasteiger partial charge >= 0.3 is 0 Å². The molecule has 0 atom stereocenters. The van der Waals surface area contributed by atoms with E-state index in [-0.39, 0.29) is 11.1 Å². The van der Waals surface area contributed by atoms with Crippen LogP contribution in [0.5, 0.6) is 11.5 Å². The molecule has 1 aliphatic rings. The van der Waals surface area contributed by atoms with Crippen LogP contribution in [0.4, 0.5) is 0 Å². The maximum absolute atomic E-state index is 11.6. The Balaban J connectivity index is 1.81. The molecule has 2 N–H and O–H groups in total. The highest BCUT2D eigenvalue weighted by Crippen LogP contribution is 2.28. The summed E-state index contributed by atoms with van der Waals surface area (Å²) in [6, 6.07) is 17.0. The van der Waals surface area contributed by atoms with E-state index in [1.54, 1.807) is 6.08 Å². The molecular formula is C16H12N2O2S. The molecule has 2 aromatic rings. The van der Waals surface area contributed by atoms with Crippen LogP contribution >= 0.6 is 11.8 Å². The van der Waals surface area contributed by atoms with Crippen LogP contribution in [0.15, 0.2) is 64.5 Å². The van der Waals surface area contributed by atoms with Gasteiger partial charge in [-0.2, -0.15) is 4.99 Å². The van der Waals surface area contributed by atoms with E-state index in [9.17, 15) is 4.79 Å². The highest BCUT2D eigenvalue weighted by Gasteiger charge is 2.19. The minimum atomic E-state index is -0.299. The minimum absolute atomic E-state index is 0.281. The van der Waals surface area contributed by atoms with E-state index in [1.165, 1.54) is 11.8 Å². The highest BCUT2D eigenvalue weighted by atomic mass is 32.2. The number of amidine groups is 1. The van der Waals surface area contributed by atoms with Gasteiger partial charge in [0.15, 0.2) is 5.17 Å². The van der Waals surface area contributed by atoms with E-state index in [4.69, 9.17) is 10.5 Å². The van der Waals surface area contributed by atoms with Crippen molar-refractivity contribution in [2.75, 3.05) is 0 Å². The molecular weight excluding hydrogens is 284 g/mol. The van der Waals surface area contributed by atoms with Crippen LogP contribution in [0.3, 0.4) is 0 Å². The molecule has 0 aromatic heterocycles. The van der Waals surface area contributed by atoms with Crippen LogP contribution in [0, 0.1) is 0 Å².